The molecule has 2 aliphatic heterocycles. The Bertz CT molecular complexity index is 478. The Labute approximate surface area is 135 Å². The molecule has 1 amide bonds. The molecule has 2 unspecified atom stereocenters. The van der Waals surface area contributed by atoms with Gasteiger partial charge in [0.15, 0.2) is 9.84 Å². The normalized spacial score (nSPS) is 28.2. The second-order valence-corrected chi connectivity index (χ2v) is 9.20. The molecule has 0 aromatic rings. The first kappa shape index (κ1) is 17.7. The number of amides is 1. The summed E-state index contributed by atoms with van der Waals surface area (Å²) in [7, 11) is -2.90. The van der Waals surface area contributed by atoms with Gasteiger partial charge in [-0.25, -0.2) is 8.42 Å². The summed E-state index contributed by atoms with van der Waals surface area (Å²) >= 11 is 0. The highest BCUT2D eigenvalue weighted by Crippen LogP contribution is 2.20. The Morgan fingerprint density at radius 3 is 2.68 bits per heavy atom. The van der Waals surface area contributed by atoms with Gasteiger partial charge in [-0.1, -0.05) is 20.3 Å². The fourth-order valence-electron chi connectivity index (χ4n) is 3.50. The molecule has 2 saturated heterocycles. The quantitative estimate of drug-likeness (QED) is 0.741. The molecule has 0 spiro atoms. The minimum atomic E-state index is -2.90. The summed E-state index contributed by atoms with van der Waals surface area (Å²) < 4.78 is 23.5. The van der Waals surface area contributed by atoms with Gasteiger partial charge in [-0.05, 0) is 38.1 Å². The van der Waals surface area contributed by atoms with Crippen LogP contribution >= 0.6 is 0 Å². The number of nitrogens with zero attached hydrogens (tertiary/aromatic N) is 2. The maximum Gasteiger partial charge on any atom is 0.236 e. The van der Waals surface area contributed by atoms with Crippen LogP contribution in [0.1, 0.15) is 46.0 Å². The van der Waals surface area contributed by atoms with Crippen LogP contribution in [-0.2, 0) is 14.6 Å². The highest BCUT2D eigenvalue weighted by atomic mass is 32.2. The summed E-state index contributed by atoms with van der Waals surface area (Å²) in [5.74, 6) is 1.25. The van der Waals surface area contributed by atoms with Crippen molar-refractivity contribution in [2.75, 3.05) is 37.7 Å². The molecule has 0 aliphatic carbocycles. The number of carbonyl (C=O) groups excluding carboxylic acids is 1. The molecule has 0 aromatic heterocycles. The Kier molecular flexibility index (Phi) is 6.26. The second-order valence-electron chi connectivity index (χ2n) is 6.97. The first-order valence-electron chi connectivity index (χ1n) is 8.63. The topological polar surface area (TPSA) is 57.7 Å². The lowest BCUT2D eigenvalue weighted by molar-refractivity contribution is -0.134. The number of hydrogen-bond donors (Lipinski definition) is 0. The van der Waals surface area contributed by atoms with Crippen LogP contribution in [0.15, 0.2) is 0 Å². The molecule has 0 saturated carbocycles. The lowest BCUT2D eigenvalue weighted by Crippen LogP contribution is -2.48. The lowest BCUT2D eigenvalue weighted by Gasteiger charge is -2.34. The van der Waals surface area contributed by atoms with Gasteiger partial charge in [-0.3, -0.25) is 9.69 Å². The van der Waals surface area contributed by atoms with Crippen LogP contribution in [0.3, 0.4) is 0 Å². The standard InChI is InChI=1S/C16H30N2O3S/c1-3-4-8-17(15-7-10-22(20,21)13-15)12-16(19)18-9-5-6-14(2)11-18/h14-15H,3-13H2,1-2H3. The molecule has 0 aromatic carbocycles. The van der Waals surface area contributed by atoms with E-state index < -0.39 is 9.84 Å². The Hall–Kier alpha value is -0.620. The SMILES string of the molecule is CCCCN(CC(=O)N1CCCC(C)C1)C1CCS(=O)(=O)C1. The van der Waals surface area contributed by atoms with Crippen LogP contribution in [0.25, 0.3) is 0 Å². The van der Waals surface area contributed by atoms with Crippen LogP contribution in [0.5, 0.6) is 0 Å². The molecule has 0 bridgehead atoms. The third-order valence-corrected chi connectivity index (χ3v) is 6.62. The number of likely N-dealkylation sites (tertiary alicyclic amines) is 1. The van der Waals surface area contributed by atoms with Crippen LogP contribution in [0.2, 0.25) is 0 Å². The van der Waals surface area contributed by atoms with Crippen LogP contribution in [-0.4, -0.2) is 67.9 Å². The van der Waals surface area contributed by atoms with Crippen molar-refractivity contribution < 1.29 is 13.2 Å². The summed E-state index contributed by atoms with van der Waals surface area (Å²) in [6, 6.07) is 0.0303. The Balaban J connectivity index is 1.95. The molecular weight excluding hydrogens is 300 g/mol. The summed E-state index contributed by atoms with van der Waals surface area (Å²) in [6.07, 6.45) is 5.03. The molecule has 0 radical (unpaired) electrons. The predicted molar refractivity (Wildman–Crippen MR) is 88.5 cm³/mol. The maximum absolute atomic E-state index is 12.6. The van der Waals surface area contributed by atoms with Gasteiger partial charge in [-0.15, -0.1) is 0 Å². The third-order valence-electron chi connectivity index (χ3n) is 4.87. The van der Waals surface area contributed by atoms with E-state index in [0.29, 0.717) is 18.9 Å². The average Bonchev–Trinajstić information content (AvgIpc) is 2.83. The van der Waals surface area contributed by atoms with Gasteiger partial charge in [0.2, 0.25) is 5.91 Å². The number of sulfone groups is 1. The van der Waals surface area contributed by atoms with E-state index in [0.717, 1.165) is 38.9 Å². The molecule has 6 heteroatoms. The fourth-order valence-corrected chi connectivity index (χ4v) is 5.27. The van der Waals surface area contributed by atoms with Gasteiger partial charge in [0, 0.05) is 19.1 Å². The van der Waals surface area contributed by atoms with E-state index in [1.807, 2.05) is 4.90 Å². The van der Waals surface area contributed by atoms with Gasteiger partial charge in [0.05, 0.1) is 18.1 Å². The lowest BCUT2D eigenvalue weighted by atomic mass is 10.0. The van der Waals surface area contributed by atoms with Gasteiger partial charge in [0.25, 0.3) is 0 Å². The van der Waals surface area contributed by atoms with E-state index in [9.17, 15) is 13.2 Å². The molecule has 22 heavy (non-hydrogen) atoms. The zero-order valence-corrected chi connectivity index (χ0v) is 14.8. The number of hydrogen-bond acceptors (Lipinski definition) is 4. The number of piperidine rings is 1. The van der Waals surface area contributed by atoms with Gasteiger partial charge < -0.3 is 4.90 Å². The maximum atomic E-state index is 12.6. The van der Waals surface area contributed by atoms with E-state index in [2.05, 4.69) is 18.7 Å². The van der Waals surface area contributed by atoms with E-state index in [-0.39, 0.29) is 23.5 Å². The largest absolute Gasteiger partial charge is 0.341 e. The number of carbonyl (C=O) groups is 1. The minimum absolute atomic E-state index is 0.0303. The Morgan fingerprint density at radius 2 is 2.09 bits per heavy atom. The first-order chi connectivity index (χ1) is 10.4. The molecular formula is C16H30N2O3S. The number of unbranched alkanes of at least 4 members (excludes halogenated alkanes) is 1. The van der Waals surface area contributed by atoms with Crippen LogP contribution in [0.4, 0.5) is 0 Å². The predicted octanol–water partition coefficient (Wildman–Crippen LogP) is 1.53. The molecule has 5 nitrogen and oxygen atoms in total. The van der Waals surface area contributed by atoms with E-state index in [1.54, 1.807) is 0 Å². The van der Waals surface area contributed by atoms with Gasteiger partial charge >= 0.3 is 0 Å². The second kappa shape index (κ2) is 7.77. The van der Waals surface area contributed by atoms with Crippen molar-refractivity contribution in [3.63, 3.8) is 0 Å². The van der Waals surface area contributed by atoms with Crippen molar-refractivity contribution >= 4 is 15.7 Å². The molecule has 2 heterocycles. The van der Waals surface area contributed by atoms with E-state index >= 15 is 0 Å². The Morgan fingerprint density at radius 1 is 1.32 bits per heavy atom. The van der Waals surface area contributed by atoms with Crippen LogP contribution < -0.4 is 0 Å². The zero-order valence-electron chi connectivity index (χ0n) is 14.0. The number of rotatable bonds is 6. The van der Waals surface area contributed by atoms with Crippen molar-refractivity contribution in [3.05, 3.63) is 0 Å². The average molecular weight is 330 g/mol. The third kappa shape index (κ3) is 4.95. The van der Waals surface area contributed by atoms with Crippen molar-refractivity contribution in [3.8, 4) is 0 Å². The molecule has 2 rings (SSSR count). The monoisotopic (exact) mass is 330 g/mol. The van der Waals surface area contributed by atoms with Crippen molar-refractivity contribution in [1.82, 2.24) is 9.80 Å². The smallest absolute Gasteiger partial charge is 0.236 e. The van der Waals surface area contributed by atoms with Gasteiger partial charge in [-0.2, -0.15) is 0 Å². The van der Waals surface area contributed by atoms with Crippen molar-refractivity contribution in [2.45, 2.75) is 52.0 Å². The summed E-state index contributed by atoms with van der Waals surface area (Å²) in [6.45, 7) is 7.23. The van der Waals surface area contributed by atoms with Crippen molar-refractivity contribution in [2.24, 2.45) is 5.92 Å². The molecule has 2 fully saturated rings. The summed E-state index contributed by atoms with van der Waals surface area (Å²) in [5, 5.41) is 0. The van der Waals surface area contributed by atoms with Gasteiger partial charge in [0.1, 0.15) is 0 Å². The summed E-state index contributed by atoms with van der Waals surface area (Å²) in [5.41, 5.74) is 0. The molecule has 2 aliphatic rings. The van der Waals surface area contributed by atoms with E-state index in [1.165, 1.54) is 6.42 Å². The fraction of sp³-hybridized carbons (Fsp3) is 0.938. The minimum Gasteiger partial charge on any atom is -0.341 e. The molecule has 2 atom stereocenters. The first-order valence-corrected chi connectivity index (χ1v) is 10.5. The highest BCUT2D eigenvalue weighted by molar-refractivity contribution is 7.91. The van der Waals surface area contributed by atoms with Crippen molar-refractivity contribution in [1.29, 1.82) is 0 Å². The summed E-state index contributed by atoms with van der Waals surface area (Å²) in [4.78, 5) is 16.7. The zero-order chi connectivity index (χ0) is 16.2. The molecule has 128 valence electrons. The van der Waals surface area contributed by atoms with Crippen LogP contribution in [0, 0.1) is 5.92 Å². The van der Waals surface area contributed by atoms with E-state index in [4.69, 9.17) is 0 Å². The molecule has 0 N–H and O–H groups in total. The highest BCUT2D eigenvalue weighted by Gasteiger charge is 2.33.